The normalized spacial score (nSPS) is 12.3. The van der Waals surface area contributed by atoms with Gasteiger partial charge in [-0.15, -0.1) is 11.3 Å². The summed E-state index contributed by atoms with van der Waals surface area (Å²) < 4.78 is 5.82. The second-order valence-corrected chi connectivity index (χ2v) is 9.04. The number of rotatable bonds is 7. The van der Waals surface area contributed by atoms with Crippen LogP contribution in [-0.4, -0.2) is 20.9 Å². The quantitative estimate of drug-likeness (QED) is 0.411. The first-order valence-electron chi connectivity index (χ1n) is 10.3. The fourth-order valence-corrected chi connectivity index (χ4v) is 4.26. The van der Waals surface area contributed by atoms with Crippen molar-refractivity contribution in [3.05, 3.63) is 75.5 Å². The molecule has 0 aliphatic heterocycles. The highest BCUT2D eigenvalue weighted by Crippen LogP contribution is 2.25. The summed E-state index contributed by atoms with van der Waals surface area (Å²) >= 11 is 1.37. The first kappa shape index (κ1) is 21.1. The monoisotopic (exact) mass is 434 g/mol. The molecule has 0 fully saturated rings. The van der Waals surface area contributed by atoms with E-state index in [-0.39, 0.29) is 17.9 Å². The summed E-state index contributed by atoms with van der Waals surface area (Å²) in [5, 5.41) is 3.91. The highest BCUT2D eigenvalue weighted by atomic mass is 32.1. The maximum atomic E-state index is 13.1. The third kappa shape index (κ3) is 4.77. The Labute approximate surface area is 185 Å². The minimum absolute atomic E-state index is 0.143. The molecule has 1 atom stereocenters. The summed E-state index contributed by atoms with van der Waals surface area (Å²) in [6.45, 7) is 8.36. The number of para-hydroxylation sites is 2. The summed E-state index contributed by atoms with van der Waals surface area (Å²) in [6, 6.07) is 15.5. The lowest BCUT2D eigenvalue weighted by Crippen LogP contribution is -2.32. The van der Waals surface area contributed by atoms with Gasteiger partial charge in [0, 0.05) is 0 Å². The number of H-pyrrole nitrogens is 1. The molecule has 0 bridgehead atoms. The molecular weight excluding hydrogens is 408 g/mol. The number of ether oxygens (including phenoxy) is 1. The Morgan fingerprint density at radius 3 is 2.55 bits per heavy atom. The van der Waals surface area contributed by atoms with Crippen LogP contribution in [0.2, 0.25) is 0 Å². The van der Waals surface area contributed by atoms with E-state index in [0.717, 1.165) is 27.6 Å². The number of nitrogens with one attached hydrogen (secondary N) is 2. The average Bonchev–Trinajstić information content (AvgIpc) is 3.34. The first-order valence-corrected chi connectivity index (χ1v) is 11.1. The lowest BCUT2D eigenvalue weighted by molar-refractivity contribution is 0.0926. The van der Waals surface area contributed by atoms with Gasteiger partial charge < -0.3 is 15.0 Å². The summed E-state index contributed by atoms with van der Waals surface area (Å²) in [4.78, 5) is 26.2. The number of imidazole rings is 1. The molecule has 6 nitrogen and oxygen atoms in total. The number of amides is 1. The van der Waals surface area contributed by atoms with Crippen LogP contribution < -0.4 is 10.1 Å². The number of benzene rings is 2. The SMILES string of the molecule is Cc1ccc(OCc2nc(C)c(C(=O)N[C@H](c3nc4ccccc4[nH]3)C(C)C)s2)cc1. The second-order valence-electron chi connectivity index (χ2n) is 7.96. The summed E-state index contributed by atoms with van der Waals surface area (Å²) in [6.07, 6.45) is 0. The maximum absolute atomic E-state index is 13.1. The fourth-order valence-electron chi connectivity index (χ4n) is 3.38. The standard InChI is InChI=1S/C24H26N4O2S/c1-14(2)21(23-26-18-7-5-6-8-19(18)27-23)28-24(29)22-16(4)25-20(31-22)13-30-17-11-9-15(3)10-12-17/h5-12,14,21H,13H2,1-4H3,(H,26,27)(H,28,29)/t21-/m0/s1. The van der Waals surface area contributed by atoms with E-state index >= 15 is 0 Å². The topological polar surface area (TPSA) is 79.9 Å². The van der Waals surface area contributed by atoms with Gasteiger partial charge in [-0.1, -0.05) is 43.7 Å². The molecule has 2 aromatic heterocycles. The van der Waals surface area contributed by atoms with E-state index in [0.29, 0.717) is 17.2 Å². The average molecular weight is 435 g/mol. The molecule has 2 heterocycles. The first-order chi connectivity index (χ1) is 14.9. The van der Waals surface area contributed by atoms with Crippen LogP contribution >= 0.6 is 11.3 Å². The molecule has 2 aromatic carbocycles. The summed E-state index contributed by atoms with van der Waals surface area (Å²) in [7, 11) is 0. The van der Waals surface area contributed by atoms with Crippen LogP contribution in [0.3, 0.4) is 0 Å². The molecule has 0 aliphatic rings. The molecule has 1 amide bonds. The van der Waals surface area contributed by atoms with Crippen LogP contribution in [0.1, 0.15) is 51.7 Å². The molecular formula is C24H26N4O2S. The molecule has 160 valence electrons. The van der Waals surface area contributed by atoms with Crippen LogP contribution in [0.25, 0.3) is 11.0 Å². The van der Waals surface area contributed by atoms with Gasteiger partial charge in [-0.05, 0) is 44.0 Å². The van der Waals surface area contributed by atoms with E-state index in [1.165, 1.54) is 16.9 Å². The van der Waals surface area contributed by atoms with E-state index in [1.807, 2.05) is 62.4 Å². The Morgan fingerprint density at radius 1 is 1.10 bits per heavy atom. The molecule has 0 radical (unpaired) electrons. The van der Waals surface area contributed by atoms with E-state index in [1.54, 1.807) is 0 Å². The zero-order valence-corrected chi connectivity index (χ0v) is 18.9. The third-order valence-electron chi connectivity index (χ3n) is 5.09. The Bertz CT molecular complexity index is 1160. The van der Waals surface area contributed by atoms with Crippen LogP contribution in [-0.2, 0) is 6.61 Å². The number of hydrogen-bond donors (Lipinski definition) is 2. The minimum Gasteiger partial charge on any atom is -0.486 e. The van der Waals surface area contributed by atoms with Crippen LogP contribution in [0.15, 0.2) is 48.5 Å². The number of carbonyl (C=O) groups is 1. The maximum Gasteiger partial charge on any atom is 0.263 e. The van der Waals surface area contributed by atoms with Gasteiger partial charge in [0.05, 0.1) is 22.8 Å². The predicted molar refractivity (Wildman–Crippen MR) is 124 cm³/mol. The van der Waals surface area contributed by atoms with Crippen molar-refractivity contribution in [1.82, 2.24) is 20.3 Å². The molecule has 2 N–H and O–H groups in total. The Morgan fingerprint density at radius 2 is 1.84 bits per heavy atom. The molecule has 31 heavy (non-hydrogen) atoms. The molecule has 4 rings (SSSR count). The Balaban J connectivity index is 1.48. The Hall–Kier alpha value is -3.19. The van der Waals surface area contributed by atoms with Crippen LogP contribution in [0, 0.1) is 19.8 Å². The van der Waals surface area contributed by atoms with E-state index < -0.39 is 0 Å². The van der Waals surface area contributed by atoms with Crippen molar-refractivity contribution in [2.75, 3.05) is 0 Å². The number of aromatic nitrogens is 3. The van der Waals surface area contributed by atoms with Crippen molar-refractivity contribution in [3.63, 3.8) is 0 Å². The lowest BCUT2D eigenvalue weighted by Gasteiger charge is -2.20. The fraction of sp³-hybridized carbons (Fsp3) is 0.292. The van der Waals surface area contributed by atoms with Crippen molar-refractivity contribution < 1.29 is 9.53 Å². The smallest absolute Gasteiger partial charge is 0.263 e. The van der Waals surface area contributed by atoms with Crippen molar-refractivity contribution in [1.29, 1.82) is 0 Å². The molecule has 0 unspecified atom stereocenters. The second kappa shape index (κ2) is 8.89. The number of fused-ring (bicyclic) bond motifs is 1. The largest absolute Gasteiger partial charge is 0.486 e. The number of nitrogens with zero attached hydrogens (tertiary/aromatic N) is 2. The molecule has 7 heteroatoms. The molecule has 0 saturated carbocycles. The lowest BCUT2D eigenvalue weighted by atomic mass is 10.0. The van der Waals surface area contributed by atoms with Gasteiger partial charge in [0.25, 0.3) is 5.91 Å². The van der Waals surface area contributed by atoms with Crippen molar-refractivity contribution in [2.24, 2.45) is 5.92 Å². The van der Waals surface area contributed by atoms with Gasteiger partial charge in [-0.3, -0.25) is 4.79 Å². The van der Waals surface area contributed by atoms with E-state index in [2.05, 4.69) is 34.1 Å². The highest BCUT2D eigenvalue weighted by Gasteiger charge is 2.24. The summed E-state index contributed by atoms with van der Waals surface area (Å²) in [5.74, 6) is 1.57. The molecule has 0 spiro atoms. The molecule has 4 aromatic rings. The number of hydrogen-bond acceptors (Lipinski definition) is 5. The highest BCUT2D eigenvalue weighted by molar-refractivity contribution is 7.13. The number of aromatic amines is 1. The number of aryl methyl sites for hydroxylation is 2. The Kier molecular flexibility index (Phi) is 6.04. The van der Waals surface area contributed by atoms with Crippen molar-refractivity contribution >= 4 is 28.3 Å². The number of carbonyl (C=O) groups excluding carboxylic acids is 1. The van der Waals surface area contributed by atoms with Gasteiger partial charge >= 0.3 is 0 Å². The van der Waals surface area contributed by atoms with Gasteiger partial charge in [-0.2, -0.15) is 0 Å². The van der Waals surface area contributed by atoms with E-state index in [9.17, 15) is 4.79 Å². The van der Waals surface area contributed by atoms with Gasteiger partial charge in [0.2, 0.25) is 0 Å². The van der Waals surface area contributed by atoms with E-state index in [4.69, 9.17) is 4.74 Å². The number of thiazole rings is 1. The minimum atomic E-state index is -0.228. The zero-order valence-electron chi connectivity index (χ0n) is 18.1. The van der Waals surface area contributed by atoms with Crippen molar-refractivity contribution in [2.45, 2.75) is 40.3 Å². The van der Waals surface area contributed by atoms with Gasteiger partial charge in [-0.25, -0.2) is 9.97 Å². The zero-order chi connectivity index (χ0) is 22.0. The summed E-state index contributed by atoms with van der Waals surface area (Å²) in [5.41, 5.74) is 3.74. The van der Waals surface area contributed by atoms with Crippen molar-refractivity contribution in [3.8, 4) is 5.75 Å². The molecule has 0 aliphatic carbocycles. The van der Waals surface area contributed by atoms with Crippen LogP contribution in [0.5, 0.6) is 5.75 Å². The van der Waals surface area contributed by atoms with Gasteiger partial charge in [0.15, 0.2) is 0 Å². The third-order valence-corrected chi connectivity index (χ3v) is 6.22. The van der Waals surface area contributed by atoms with Gasteiger partial charge in [0.1, 0.15) is 28.1 Å². The predicted octanol–water partition coefficient (Wildman–Crippen LogP) is 5.34. The van der Waals surface area contributed by atoms with Crippen LogP contribution in [0.4, 0.5) is 0 Å². The molecule has 0 saturated heterocycles.